The Morgan fingerprint density at radius 1 is 1.16 bits per heavy atom. The van der Waals surface area contributed by atoms with Gasteiger partial charge in [0.25, 0.3) is 0 Å². The molecule has 1 amide bonds. The van der Waals surface area contributed by atoms with Crippen molar-refractivity contribution < 1.29 is 22.7 Å². The smallest absolute Gasteiger partial charge is 0.433 e. The van der Waals surface area contributed by atoms with E-state index in [0.717, 1.165) is 48.8 Å². The van der Waals surface area contributed by atoms with E-state index in [0.29, 0.717) is 44.1 Å². The number of alkyl halides is 3. The van der Waals surface area contributed by atoms with Crippen LogP contribution in [-0.2, 0) is 24.0 Å². The Morgan fingerprint density at radius 2 is 1.97 bits per heavy atom. The van der Waals surface area contributed by atoms with Crippen LogP contribution in [0.4, 0.5) is 29.5 Å². The molecule has 1 atom stereocenters. The van der Waals surface area contributed by atoms with Crippen molar-refractivity contribution in [1.29, 1.82) is 0 Å². The zero-order valence-electron chi connectivity index (χ0n) is 17.6. The summed E-state index contributed by atoms with van der Waals surface area (Å²) in [6.07, 6.45) is -2.50. The van der Waals surface area contributed by atoms with Crippen LogP contribution in [0.5, 0.6) is 0 Å². The summed E-state index contributed by atoms with van der Waals surface area (Å²) in [6.45, 7) is 5.37. The van der Waals surface area contributed by atoms with Crippen LogP contribution in [0.1, 0.15) is 35.6 Å². The van der Waals surface area contributed by atoms with E-state index in [1.54, 1.807) is 9.80 Å². The third kappa shape index (κ3) is 3.91. The van der Waals surface area contributed by atoms with Gasteiger partial charge in [0, 0.05) is 43.5 Å². The summed E-state index contributed by atoms with van der Waals surface area (Å²) in [4.78, 5) is 30.9. The number of carbonyl (C=O) groups is 1. The number of aryl methyl sites for hydroxylation is 1. The van der Waals surface area contributed by atoms with Gasteiger partial charge >= 0.3 is 12.3 Å². The maximum atomic E-state index is 12.9. The molecule has 0 unspecified atom stereocenters. The van der Waals surface area contributed by atoms with Crippen LogP contribution in [0.2, 0.25) is 0 Å². The fraction of sp³-hybridized carbons (Fsp3) is 0.524. The lowest BCUT2D eigenvalue weighted by Crippen LogP contribution is -2.38. The van der Waals surface area contributed by atoms with Gasteiger partial charge in [0.2, 0.25) is 0 Å². The van der Waals surface area contributed by atoms with Crippen LogP contribution >= 0.6 is 0 Å². The van der Waals surface area contributed by atoms with Crippen molar-refractivity contribution in [1.82, 2.24) is 19.9 Å². The summed E-state index contributed by atoms with van der Waals surface area (Å²) in [7, 11) is 0. The molecule has 170 valence electrons. The number of hydrogen-bond donors (Lipinski definition) is 0. The number of pyridine rings is 1. The highest BCUT2D eigenvalue weighted by atomic mass is 19.4. The van der Waals surface area contributed by atoms with Crippen LogP contribution in [0.15, 0.2) is 18.3 Å². The SMILES string of the molecule is Cc1nc2c(c(N3CCC3)n1)CN(C(=O)O[C@H]1CCN(c3ccnc(C(F)(F)F)c3)C1)C2. The normalized spacial score (nSPS) is 20.4. The number of fused-ring (bicyclic) bond motifs is 1. The molecule has 0 radical (unpaired) electrons. The molecule has 2 fully saturated rings. The molecular formula is C21H23F3N6O2. The predicted molar refractivity (Wildman–Crippen MR) is 109 cm³/mol. The van der Waals surface area contributed by atoms with E-state index in [1.165, 1.54) is 6.07 Å². The largest absolute Gasteiger partial charge is 0.444 e. The number of nitrogens with zero attached hydrogens (tertiary/aromatic N) is 6. The minimum absolute atomic E-state index is 0.339. The van der Waals surface area contributed by atoms with E-state index in [2.05, 4.69) is 19.9 Å². The number of carbonyl (C=O) groups excluding carboxylic acids is 1. The van der Waals surface area contributed by atoms with Crippen LogP contribution in [0, 0.1) is 6.92 Å². The van der Waals surface area contributed by atoms with E-state index >= 15 is 0 Å². The third-order valence-electron chi connectivity index (χ3n) is 6.10. The fourth-order valence-corrected chi connectivity index (χ4v) is 4.32. The number of rotatable bonds is 3. The number of anilines is 2. The minimum Gasteiger partial charge on any atom is -0.444 e. The summed E-state index contributed by atoms with van der Waals surface area (Å²) in [6, 6.07) is 2.56. The Labute approximate surface area is 183 Å². The van der Waals surface area contributed by atoms with Gasteiger partial charge in [0.05, 0.1) is 25.3 Å². The Kier molecular flexibility index (Phi) is 5.06. The number of hydrogen-bond acceptors (Lipinski definition) is 7. The molecule has 0 N–H and O–H groups in total. The van der Waals surface area contributed by atoms with Gasteiger partial charge in [-0.3, -0.25) is 9.88 Å². The highest BCUT2D eigenvalue weighted by molar-refractivity contribution is 5.70. The van der Waals surface area contributed by atoms with Gasteiger partial charge in [-0.15, -0.1) is 0 Å². The Bertz CT molecular complexity index is 1040. The van der Waals surface area contributed by atoms with E-state index in [9.17, 15) is 18.0 Å². The van der Waals surface area contributed by atoms with Gasteiger partial charge in [0.15, 0.2) is 0 Å². The zero-order chi connectivity index (χ0) is 22.5. The van der Waals surface area contributed by atoms with Crippen molar-refractivity contribution in [3.8, 4) is 0 Å². The van der Waals surface area contributed by atoms with E-state index in [-0.39, 0.29) is 0 Å². The summed E-state index contributed by atoms with van der Waals surface area (Å²) in [5, 5.41) is 0. The maximum Gasteiger partial charge on any atom is 0.433 e. The average molecular weight is 448 g/mol. The maximum absolute atomic E-state index is 12.9. The van der Waals surface area contributed by atoms with Crippen LogP contribution < -0.4 is 9.80 Å². The monoisotopic (exact) mass is 448 g/mol. The second kappa shape index (κ2) is 7.79. The van der Waals surface area contributed by atoms with Crippen molar-refractivity contribution in [2.75, 3.05) is 36.0 Å². The number of halogens is 3. The Hall–Kier alpha value is -3.11. The van der Waals surface area contributed by atoms with Gasteiger partial charge in [-0.1, -0.05) is 0 Å². The van der Waals surface area contributed by atoms with Gasteiger partial charge < -0.3 is 14.5 Å². The molecule has 2 saturated heterocycles. The summed E-state index contributed by atoms with van der Waals surface area (Å²) in [5.41, 5.74) is 1.31. The molecule has 3 aliphatic rings. The fourth-order valence-electron chi connectivity index (χ4n) is 4.32. The molecule has 0 spiro atoms. The molecular weight excluding hydrogens is 425 g/mol. The lowest BCUT2D eigenvalue weighted by molar-refractivity contribution is -0.141. The molecule has 2 aromatic rings. The predicted octanol–water partition coefficient (Wildman–Crippen LogP) is 3.14. The number of aromatic nitrogens is 3. The Morgan fingerprint density at radius 3 is 2.69 bits per heavy atom. The van der Waals surface area contributed by atoms with Gasteiger partial charge in [-0.25, -0.2) is 14.8 Å². The number of ether oxygens (including phenoxy) is 1. The first-order chi connectivity index (χ1) is 15.3. The first-order valence-corrected chi connectivity index (χ1v) is 10.6. The van der Waals surface area contributed by atoms with Crippen molar-refractivity contribution >= 4 is 17.6 Å². The van der Waals surface area contributed by atoms with Crippen LogP contribution in [-0.4, -0.2) is 58.2 Å². The lowest BCUT2D eigenvalue weighted by atomic mass is 10.1. The standard InChI is InChI=1S/C21H23F3N6O2/c1-13-26-17-12-30(11-16(17)19(27-13)28-6-2-7-28)20(31)32-15-4-8-29(10-15)14-3-5-25-18(9-14)21(22,23)24/h3,5,9,15H,2,4,6-8,10-12H2,1H3/t15-/m0/s1. The van der Waals surface area contributed by atoms with Crippen LogP contribution in [0.25, 0.3) is 0 Å². The molecule has 0 saturated carbocycles. The summed E-state index contributed by atoms with van der Waals surface area (Å²) in [5.74, 6) is 1.59. The minimum atomic E-state index is -4.50. The first kappa shape index (κ1) is 20.8. The highest BCUT2D eigenvalue weighted by Gasteiger charge is 2.36. The summed E-state index contributed by atoms with van der Waals surface area (Å²) >= 11 is 0. The molecule has 0 aromatic carbocycles. The van der Waals surface area contributed by atoms with Gasteiger partial charge in [-0.2, -0.15) is 13.2 Å². The van der Waals surface area contributed by atoms with Crippen molar-refractivity contribution in [3.63, 3.8) is 0 Å². The Balaban J connectivity index is 1.22. The van der Waals surface area contributed by atoms with Gasteiger partial charge in [0.1, 0.15) is 23.4 Å². The van der Waals surface area contributed by atoms with E-state index in [1.807, 2.05) is 6.92 Å². The lowest BCUT2D eigenvalue weighted by Gasteiger charge is -2.33. The van der Waals surface area contributed by atoms with Crippen molar-refractivity contribution in [2.45, 2.75) is 45.1 Å². The third-order valence-corrected chi connectivity index (χ3v) is 6.10. The second-order valence-corrected chi connectivity index (χ2v) is 8.35. The molecule has 32 heavy (non-hydrogen) atoms. The van der Waals surface area contributed by atoms with E-state index in [4.69, 9.17) is 4.74 Å². The molecule has 0 bridgehead atoms. The second-order valence-electron chi connectivity index (χ2n) is 8.35. The summed E-state index contributed by atoms with van der Waals surface area (Å²) < 4.78 is 44.5. The topological polar surface area (TPSA) is 74.7 Å². The molecule has 0 aliphatic carbocycles. The quantitative estimate of drug-likeness (QED) is 0.714. The molecule has 3 aliphatic heterocycles. The molecule has 8 nitrogen and oxygen atoms in total. The molecule has 5 rings (SSSR count). The van der Waals surface area contributed by atoms with Crippen molar-refractivity contribution in [3.05, 3.63) is 41.1 Å². The van der Waals surface area contributed by atoms with E-state index < -0.39 is 24.1 Å². The van der Waals surface area contributed by atoms with Gasteiger partial charge in [-0.05, 0) is 25.5 Å². The molecule has 5 heterocycles. The first-order valence-electron chi connectivity index (χ1n) is 10.6. The van der Waals surface area contributed by atoms with Crippen molar-refractivity contribution in [2.24, 2.45) is 0 Å². The molecule has 2 aromatic heterocycles. The molecule has 11 heteroatoms. The highest BCUT2D eigenvalue weighted by Crippen LogP contribution is 2.33. The number of amides is 1. The zero-order valence-corrected chi connectivity index (χ0v) is 17.6. The average Bonchev–Trinajstić information content (AvgIpc) is 3.33. The van der Waals surface area contributed by atoms with Crippen LogP contribution in [0.3, 0.4) is 0 Å².